The van der Waals surface area contributed by atoms with Crippen LogP contribution < -0.4 is 10.6 Å². The van der Waals surface area contributed by atoms with Crippen LogP contribution in [0.2, 0.25) is 0 Å². The van der Waals surface area contributed by atoms with Crippen molar-refractivity contribution in [2.75, 3.05) is 5.32 Å². The van der Waals surface area contributed by atoms with E-state index in [1.54, 1.807) is 17.2 Å². The van der Waals surface area contributed by atoms with Crippen molar-refractivity contribution < 1.29 is 4.79 Å². The zero-order valence-electron chi connectivity index (χ0n) is 14.0. The molecule has 0 saturated heterocycles. The van der Waals surface area contributed by atoms with E-state index in [4.69, 9.17) is 0 Å². The average molecular weight is 336 g/mol. The van der Waals surface area contributed by atoms with Crippen molar-refractivity contribution >= 4 is 11.6 Å². The third-order valence-corrected chi connectivity index (χ3v) is 3.81. The third kappa shape index (κ3) is 4.27. The van der Waals surface area contributed by atoms with Crippen LogP contribution in [0.25, 0.3) is 5.82 Å². The molecular formula is C18H20N6O. The molecule has 0 radical (unpaired) electrons. The molecule has 7 nitrogen and oxygen atoms in total. The number of pyridine rings is 1. The number of hydrogen-bond acceptors (Lipinski definition) is 5. The minimum absolute atomic E-state index is 0.0557. The van der Waals surface area contributed by atoms with Crippen LogP contribution in [0.3, 0.4) is 0 Å². The number of amides is 1. The second-order valence-electron chi connectivity index (χ2n) is 5.52. The fourth-order valence-corrected chi connectivity index (χ4v) is 2.50. The fourth-order valence-electron chi connectivity index (χ4n) is 2.50. The van der Waals surface area contributed by atoms with Crippen LogP contribution in [-0.4, -0.2) is 31.7 Å². The predicted octanol–water partition coefficient (Wildman–Crippen LogP) is 2.17. The molecule has 0 bridgehead atoms. The second-order valence-corrected chi connectivity index (χ2v) is 5.52. The van der Waals surface area contributed by atoms with E-state index in [2.05, 4.69) is 25.7 Å². The molecule has 2 heterocycles. The van der Waals surface area contributed by atoms with Gasteiger partial charge in [0.15, 0.2) is 5.82 Å². The van der Waals surface area contributed by atoms with Gasteiger partial charge in [-0.15, -0.1) is 0 Å². The Kier molecular flexibility index (Phi) is 5.48. The summed E-state index contributed by atoms with van der Waals surface area (Å²) >= 11 is 0. The summed E-state index contributed by atoms with van der Waals surface area (Å²) in [6, 6.07) is 13.0. The predicted molar refractivity (Wildman–Crippen MR) is 95.1 cm³/mol. The molecule has 2 N–H and O–H groups in total. The first kappa shape index (κ1) is 16.8. The Morgan fingerprint density at radius 1 is 1.20 bits per heavy atom. The Morgan fingerprint density at radius 2 is 2.04 bits per heavy atom. The lowest BCUT2D eigenvalue weighted by molar-refractivity contribution is -0.118. The summed E-state index contributed by atoms with van der Waals surface area (Å²) in [5.41, 5.74) is 1.73. The fraction of sp³-hybridized carbons (Fsp3) is 0.222. The van der Waals surface area contributed by atoms with E-state index in [1.807, 2.05) is 49.4 Å². The molecule has 3 rings (SSSR count). The summed E-state index contributed by atoms with van der Waals surface area (Å²) in [5.74, 6) is 0.644. The number of hydrogen-bond donors (Lipinski definition) is 2. The van der Waals surface area contributed by atoms with E-state index < -0.39 is 0 Å². The Labute approximate surface area is 146 Å². The highest BCUT2D eigenvalue weighted by Gasteiger charge is 2.17. The van der Waals surface area contributed by atoms with Crippen LogP contribution in [0.1, 0.15) is 18.9 Å². The van der Waals surface area contributed by atoms with Gasteiger partial charge in [-0.25, -0.2) is 14.6 Å². The first-order valence-electron chi connectivity index (χ1n) is 8.16. The van der Waals surface area contributed by atoms with Crippen LogP contribution >= 0.6 is 0 Å². The third-order valence-electron chi connectivity index (χ3n) is 3.81. The second kappa shape index (κ2) is 8.16. The highest BCUT2D eigenvalue weighted by Crippen LogP contribution is 2.11. The Balaban J connectivity index is 1.66. The van der Waals surface area contributed by atoms with E-state index in [-0.39, 0.29) is 11.9 Å². The molecule has 0 aliphatic rings. The Hall–Kier alpha value is -3.06. The summed E-state index contributed by atoms with van der Waals surface area (Å²) in [5, 5.41) is 10.3. The molecular weight excluding hydrogens is 316 g/mol. The van der Waals surface area contributed by atoms with Gasteiger partial charge in [0.05, 0.1) is 6.04 Å². The van der Waals surface area contributed by atoms with E-state index in [0.717, 1.165) is 11.3 Å². The summed E-state index contributed by atoms with van der Waals surface area (Å²) < 4.78 is 1.61. The molecule has 0 aliphatic heterocycles. The van der Waals surface area contributed by atoms with Gasteiger partial charge in [-0.1, -0.05) is 31.2 Å². The number of nitrogens with zero attached hydrogens (tertiary/aromatic N) is 4. The molecule has 0 spiro atoms. The molecule has 0 saturated carbocycles. The van der Waals surface area contributed by atoms with Crippen molar-refractivity contribution in [3.63, 3.8) is 0 Å². The molecule has 25 heavy (non-hydrogen) atoms. The van der Waals surface area contributed by atoms with Crippen molar-refractivity contribution in [1.29, 1.82) is 0 Å². The number of rotatable bonds is 7. The molecule has 0 aliphatic carbocycles. The van der Waals surface area contributed by atoms with E-state index in [0.29, 0.717) is 18.8 Å². The van der Waals surface area contributed by atoms with Crippen LogP contribution in [0.4, 0.5) is 5.69 Å². The maximum absolute atomic E-state index is 12.5. The SMILES string of the molecule is CCC(NCc1cccnc1-n1cncn1)C(=O)Nc1ccccc1. The smallest absolute Gasteiger partial charge is 0.241 e. The van der Waals surface area contributed by atoms with Crippen LogP contribution in [0, 0.1) is 0 Å². The van der Waals surface area contributed by atoms with Gasteiger partial charge in [-0.05, 0) is 24.6 Å². The minimum Gasteiger partial charge on any atom is -0.325 e. The largest absolute Gasteiger partial charge is 0.325 e. The average Bonchev–Trinajstić information content (AvgIpc) is 3.18. The first-order chi connectivity index (χ1) is 12.3. The van der Waals surface area contributed by atoms with Crippen molar-refractivity contribution in [2.24, 2.45) is 0 Å². The lowest BCUT2D eigenvalue weighted by Gasteiger charge is -2.17. The van der Waals surface area contributed by atoms with Gasteiger partial charge in [-0.2, -0.15) is 5.10 Å². The summed E-state index contributed by atoms with van der Waals surface area (Å²) in [7, 11) is 0. The normalized spacial score (nSPS) is 11.9. The van der Waals surface area contributed by atoms with Gasteiger partial charge >= 0.3 is 0 Å². The number of carbonyl (C=O) groups is 1. The summed E-state index contributed by atoms with van der Waals surface area (Å²) in [6.45, 7) is 2.48. The molecule has 1 amide bonds. The van der Waals surface area contributed by atoms with Gasteiger partial charge in [0.2, 0.25) is 5.91 Å². The Morgan fingerprint density at radius 3 is 2.76 bits per heavy atom. The van der Waals surface area contributed by atoms with E-state index >= 15 is 0 Å². The van der Waals surface area contributed by atoms with Gasteiger partial charge in [0.25, 0.3) is 0 Å². The zero-order valence-corrected chi connectivity index (χ0v) is 14.0. The minimum atomic E-state index is -0.302. The standard InChI is InChI=1S/C18H20N6O/c1-2-16(18(25)23-15-8-4-3-5-9-15)21-11-14-7-6-10-20-17(14)24-13-19-12-22-24/h3-10,12-13,16,21H,2,11H2,1H3,(H,23,25). The quantitative estimate of drug-likeness (QED) is 0.691. The van der Waals surface area contributed by atoms with Crippen molar-refractivity contribution in [3.8, 4) is 5.82 Å². The summed E-state index contributed by atoms with van der Waals surface area (Å²) in [6.07, 6.45) is 5.46. The molecule has 1 unspecified atom stereocenters. The van der Waals surface area contributed by atoms with Crippen LogP contribution in [0.15, 0.2) is 61.3 Å². The lowest BCUT2D eigenvalue weighted by atomic mass is 10.1. The van der Waals surface area contributed by atoms with Crippen LogP contribution in [-0.2, 0) is 11.3 Å². The van der Waals surface area contributed by atoms with Crippen molar-refractivity contribution in [2.45, 2.75) is 25.9 Å². The summed E-state index contributed by atoms with van der Waals surface area (Å²) in [4.78, 5) is 20.8. The van der Waals surface area contributed by atoms with Crippen molar-refractivity contribution in [1.82, 2.24) is 25.1 Å². The molecule has 3 aromatic rings. The number of nitrogens with one attached hydrogen (secondary N) is 2. The molecule has 0 fully saturated rings. The number of para-hydroxylation sites is 1. The lowest BCUT2D eigenvalue weighted by Crippen LogP contribution is -2.39. The molecule has 1 atom stereocenters. The molecule has 2 aromatic heterocycles. The van der Waals surface area contributed by atoms with Gasteiger partial charge in [-0.3, -0.25) is 4.79 Å². The Bertz CT molecular complexity index is 803. The topological polar surface area (TPSA) is 84.7 Å². The van der Waals surface area contributed by atoms with E-state index in [9.17, 15) is 4.79 Å². The maximum atomic E-state index is 12.5. The molecule has 128 valence electrons. The van der Waals surface area contributed by atoms with Crippen molar-refractivity contribution in [3.05, 3.63) is 66.9 Å². The number of aromatic nitrogens is 4. The number of carbonyl (C=O) groups excluding carboxylic acids is 1. The van der Waals surface area contributed by atoms with Gasteiger partial charge < -0.3 is 10.6 Å². The van der Waals surface area contributed by atoms with Gasteiger partial charge in [0, 0.05) is 24.0 Å². The van der Waals surface area contributed by atoms with E-state index in [1.165, 1.54) is 6.33 Å². The monoisotopic (exact) mass is 336 g/mol. The zero-order chi connectivity index (χ0) is 17.5. The number of anilines is 1. The first-order valence-corrected chi connectivity index (χ1v) is 8.16. The van der Waals surface area contributed by atoms with Crippen LogP contribution in [0.5, 0.6) is 0 Å². The highest BCUT2D eigenvalue weighted by atomic mass is 16.2. The maximum Gasteiger partial charge on any atom is 0.241 e. The van der Waals surface area contributed by atoms with Gasteiger partial charge in [0.1, 0.15) is 12.7 Å². The molecule has 7 heteroatoms. The molecule has 1 aromatic carbocycles. The number of benzene rings is 1. The highest BCUT2D eigenvalue weighted by molar-refractivity contribution is 5.94.